The summed E-state index contributed by atoms with van der Waals surface area (Å²) < 4.78 is 0. The maximum absolute atomic E-state index is 12.8. The maximum Gasteiger partial charge on any atom is 0.248 e. The lowest BCUT2D eigenvalue weighted by molar-refractivity contribution is -0.121. The normalized spacial score (nSPS) is 17.1. The molecule has 0 spiro atoms. The summed E-state index contributed by atoms with van der Waals surface area (Å²) in [4.78, 5) is 19.4. The van der Waals surface area contributed by atoms with Crippen LogP contribution in [0.25, 0.3) is 0 Å². The molecule has 116 valence electrons. The number of nitrogens with one attached hydrogen (secondary N) is 1. The smallest absolute Gasteiger partial charge is 0.248 e. The lowest BCUT2D eigenvalue weighted by Crippen LogP contribution is -2.41. The molecule has 1 fully saturated rings. The molecule has 0 aliphatic carbocycles. The van der Waals surface area contributed by atoms with Crippen molar-refractivity contribution < 1.29 is 4.79 Å². The number of hydrogen-bond acceptors (Lipinski definition) is 5. The number of aromatic nitrogens is 1. The van der Waals surface area contributed by atoms with Crippen LogP contribution in [0.1, 0.15) is 17.3 Å². The van der Waals surface area contributed by atoms with Crippen LogP contribution in [-0.2, 0) is 4.79 Å². The van der Waals surface area contributed by atoms with E-state index in [2.05, 4.69) is 15.2 Å². The highest BCUT2D eigenvalue weighted by atomic mass is 32.2. The number of thiazole rings is 1. The quantitative estimate of drug-likeness (QED) is 0.933. The van der Waals surface area contributed by atoms with E-state index in [0.717, 1.165) is 35.9 Å². The first-order valence-corrected chi connectivity index (χ1v) is 9.37. The topological polar surface area (TPSA) is 45.2 Å². The van der Waals surface area contributed by atoms with Crippen molar-refractivity contribution in [3.8, 4) is 0 Å². The molecule has 1 amide bonds. The number of anilines is 1. The van der Waals surface area contributed by atoms with Crippen molar-refractivity contribution in [1.82, 2.24) is 9.88 Å². The number of benzene rings is 1. The van der Waals surface area contributed by atoms with Gasteiger partial charge < -0.3 is 5.32 Å². The number of thioether (sulfide) groups is 1. The van der Waals surface area contributed by atoms with Gasteiger partial charge in [0.1, 0.15) is 6.04 Å². The SMILES string of the molecule is Cc1csc(NC(=O)C(c2ccccc2)N2CCSCC2)n1. The molecular weight excluding hydrogens is 314 g/mol. The maximum atomic E-state index is 12.8. The van der Waals surface area contributed by atoms with E-state index in [1.54, 1.807) is 0 Å². The molecule has 4 nitrogen and oxygen atoms in total. The minimum Gasteiger partial charge on any atom is -0.300 e. The molecule has 1 saturated heterocycles. The summed E-state index contributed by atoms with van der Waals surface area (Å²) in [7, 11) is 0. The summed E-state index contributed by atoms with van der Waals surface area (Å²) in [5.74, 6) is 2.16. The van der Waals surface area contributed by atoms with Crippen LogP contribution in [0.4, 0.5) is 5.13 Å². The van der Waals surface area contributed by atoms with Gasteiger partial charge in [0.15, 0.2) is 5.13 Å². The molecule has 3 rings (SSSR count). The summed E-state index contributed by atoms with van der Waals surface area (Å²) in [6.45, 7) is 3.81. The van der Waals surface area contributed by atoms with Crippen molar-refractivity contribution in [2.24, 2.45) is 0 Å². The summed E-state index contributed by atoms with van der Waals surface area (Å²) >= 11 is 3.42. The van der Waals surface area contributed by atoms with Crippen molar-refractivity contribution in [3.05, 3.63) is 47.0 Å². The Labute approximate surface area is 138 Å². The number of amides is 1. The molecule has 1 aromatic carbocycles. The predicted molar refractivity (Wildman–Crippen MR) is 93.6 cm³/mol. The first kappa shape index (κ1) is 15.5. The largest absolute Gasteiger partial charge is 0.300 e. The van der Waals surface area contributed by atoms with Gasteiger partial charge in [0.05, 0.1) is 5.69 Å². The second-order valence-electron chi connectivity index (χ2n) is 5.24. The Morgan fingerprint density at radius 3 is 2.64 bits per heavy atom. The molecule has 1 aliphatic rings. The van der Waals surface area contributed by atoms with Crippen LogP contribution in [0.2, 0.25) is 0 Å². The molecule has 0 bridgehead atoms. The van der Waals surface area contributed by atoms with Gasteiger partial charge in [0.25, 0.3) is 0 Å². The van der Waals surface area contributed by atoms with E-state index in [1.807, 2.05) is 54.4 Å². The third-order valence-electron chi connectivity index (χ3n) is 3.62. The predicted octanol–water partition coefficient (Wildman–Crippen LogP) is 3.18. The number of carbonyl (C=O) groups is 1. The number of carbonyl (C=O) groups excluding carboxylic acids is 1. The van der Waals surface area contributed by atoms with Crippen molar-refractivity contribution in [3.63, 3.8) is 0 Å². The van der Waals surface area contributed by atoms with E-state index in [0.29, 0.717) is 5.13 Å². The highest BCUT2D eigenvalue weighted by Crippen LogP contribution is 2.26. The summed E-state index contributed by atoms with van der Waals surface area (Å²) in [6.07, 6.45) is 0. The Balaban J connectivity index is 1.82. The zero-order valence-corrected chi connectivity index (χ0v) is 14.1. The van der Waals surface area contributed by atoms with Gasteiger partial charge in [-0.1, -0.05) is 30.3 Å². The van der Waals surface area contributed by atoms with Gasteiger partial charge >= 0.3 is 0 Å². The monoisotopic (exact) mass is 333 g/mol. The molecule has 1 atom stereocenters. The summed E-state index contributed by atoms with van der Waals surface area (Å²) in [5, 5.41) is 5.60. The highest BCUT2D eigenvalue weighted by Gasteiger charge is 2.29. The van der Waals surface area contributed by atoms with Gasteiger partial charge in [0.2, 0.25) is 5.91 Å². The summed E-state index contributed by atoms with van der Waals surface area (Å²) in [5.41, 5.74) is 1.98. The number of nitrogens with zero attached hydrogens (tertiary/aromatic N) is 2. The number of hydrogen-bond donors (Lipinski definition) is 1. The Morgan fingerprint density at radius 2 is 2.00 bits per heavy atom. The third kappa shape index (κ3) is 3.69. The second kappa shape index (κ2) is 7.26. The zero-order valence-electron chi connectivity index (χ0n) is 12.5. The first-order chi connectivity index (χ1) is 10.7. The van der Waals surface area contributed by atoms with E-state index in [1.165, 1.54) is 11.3 Å². The molecule has 1 N–H and O–H groups in total. The van der Waals surface area contributed by atoms with E-state index < -0.39 is 0 Å². The third-order valence-corrected chi connectivity index (χ3v) is 5.44. The minimum atomic E-state index is -0.244. The molecule has 1 unspecified atom stereocenters. The van der Waals surface area contributed by atoms with Crippen LogP contribution in [0.15, 0.2) is 35.7 Å². The number of rotatable bonds is 4. The van der Waals surface area contributed by atoms with Crippen LogP contribution < -0.4 is 5.32 Å². The lowest BCUT2D eigenvalue weighted by Gasteiger charge is -2.33. The molecule has 2 aromatic rings. The second-order valence-corrected chi connectivity index (χ2v) is 7.33. The van der Waals surface area contributed by atoms with Gasteiger partial charge in [-0.25, -0.2) is 4.98 Å². The first-order valence-electron chi connectivity index (χ1n) is 7.34. The molecule has 2 heterocycles. The number of aryl methyl sites for hydroxylation is 1. The molecular formula is C16H19N3OS2. The van der Waals surface area contributed by atoms with E-state index in [-0.39, 0.29) is 11.9 Å². The van der Waals surface area contributed by atoms with Crippen LogP contribution in [0.5, 0.6) is 0 Å². The minimum absolute atomic E-state index is 0.00690. The Bertz CT molecular complexity index is 623. The van der Waals surface area contributed by atoms with Gasteiger partial charge in [0, 0.05) is 30.0 Å². The molecule has 6 heteroatoms. The molecule has 22 heavy (non-hydrogen) atoms. The van der Waals surface area contributed by atoms with E-state index in [9.17, 15) is 4.79 Å². The van der Waals surface area contributed by atoms with Gasteiger partial charge in [-0.15, -0.1) is 11.3 Å². The van der Waals surface area contributed by atoms with Crippen LogP contribution >= 0.6 is 23.1 Å². The zero-order chi connectivity index (χ0) is 15.4. The molecule has 0 radical (unpaired) electrons. The van der Waals surface area contributed by atoms with Crippen LogP contribution in [0.3, 0.4) is 0 Å². The fourth-order valence-corrected chi connectivity index (χ4v) is 4.21. The van der Waals surface area contributed by atoms with E-state index in [4.69, 9.17) is 0 Å². The van der Waals surface area contributed by atoms with Crippen LogP contribution in [-0.4, -0.2) is 40.4 Å². The molecule has 0 saturated carbocycles. The Hall–Kier alpha value is -1.37. The highest BCUT2D eigenvalue weighted by molar-refractivity contribution is 7.99. The van der Waals surface area contributed by atoms with E-state index >= 15 is 0 Å². The average molecular weight is 333 g/mol. The molecule has 1 aromatic heterocycles. The van der Waals surface area contributed by atoms with Gasteiger partial charge in [-0.05, 0) is 12.5 Å². The fourth-order valence-electron chi connectivity index (χ4n) is 2.58. The average Bonchev–Trinajstić information content (AvgIpc) is 2.95. The van der Waals surface area contributed by atoms with Gasteiger partial charge in [-0.2, -0.15) is 11.8 Å². The van der Waals surface area contributed by atoms with Crippen LogP contribution in [0, 0.1) is 6.92 Å². The standard InChI is InChI=1S/C16H19N3OS2/c1-12-11-22-16(17-12)18-15(20)14(13-5-3-2-4-6-13)19-7-9-21-10-8-19/h2-6,11,14H,7-10H2,1H3,(H,17,18,20). The Morgan fingerprint density at radius 1 is 1.27 bits per heavy atom. The van der Waals surface area contributed by atoms with Crippen molar-refractivity contribution in [2.75, 3.05) is 29.9 Å². The van der Waals surface area contributed by atoms with Crippen molar-refractivity contribution >= 4 is 34.1 Å². The lowest BCUT2D eigenvalue weighted by atomic mass is 10.0. The molecule has 1 aliphatic heterocycles. The summed E-state index contributed by atoms with van der Waals surface area (Å²) in [6, 6.07) is 9.77. The van der Waals surface area contributed by atoms with Gasteiger partial charge in [-0.3, -0.25) is 9.69 Å². The Kier molecular flexibility index (Phi) is 5.12. The van der Waals surface area contributed by atoms with Crippen molar-refractivity contribution in [2.45, 2.75) is 13.0 Å². The fraction of sp³-hybridized carbons (Fsp3) is 0.375. The van der Waals surface area contributed by atoms with Crippen molar-refractivity contribution in [1.29, 1.82) is 0 Å².